The second-order valence-electron chi connectivity index (χ2n) is 5.69. The molecule has 5 heteroatoms. The molecule has 4 nitrogen and oxygen atoms in total. The van der Waals surface area contributed by atoms with Crippen LogP contribution in [0.4, 0.5) is 0 Å². The topological polar surface area (TPSA) is 56.7 Å². The summed E-state index contributed by atoms with van der Waals surface area (Å²) < 4.78 is 2.37. The number of thiazole rings is 1. The smallest absolute Gasteiger partial charge is 0.160 e. The molecule has 108 valence electrons. The van der Waals surface area contributed by atoms with Crippen LogP contribution in [0.5, 0.6) is 0 Å². The van der Waals surface area contributed by atoms with Crippen molar-refractivity contribution < 1.29 is 0 Å². The molecule has 0 aliphatic heterocycles. The number of hydrogen-bond acceptors (Lipinski definition) is 4. The van der Waals surface area contributed by atoms with Gasteiger partial charge in [0, 0.05) is 17.8 Å². The maximum Gasteiger partial charge on any atom is 0.160 e. The number of nitrogens with two attached hydrogens (primary N) is 1. The van der Waals surface area contributed by atoms with Crippen molar-refractivity contribution in [3.05, 3.63) is 34.2 Å². The number of imidazole rings is 1. The van der Waals surface area contributed by atoms with Crippen LogP contribution < -0.4 is 5.73 Å². The fourth-order valence-electron chi connectivity index (χ4n) is 2.74. The van der Waals surface area contributed by atoms with Gasteiger partial charge in [-0.05, 0) is 44.0 Å². The van der Waals surface area contributed by atoms with Gasteiger partial charge in [0.2, 0.25) is 0 Å². The lowest BCUT2D eigenvalue weighted by Gasteiger charge is -2.05. The molecule has 3 aromatic rings. The number of benzene rings is 1. The minimum atomic E-state index is 0.590. The molecule has 1 fully saturated rings. The monoisotopic (exact) mass is 298 g/mol. The summed E-state index contributed by atoms with van der Waals surface area (Å²) in [4.78, 5) is 9.57. The van der Waals surface area contributed by atoms with Gasteiger partial charge in [0.25, 0.3) is 0 Å². The van der Waals surface area contributed by atoms with E-state index in [9.17, 15) is 0 Å². The molecular formula is C16H18N4S. The lowest BCUT2D eigenvalue weighted by Crippen LogP contribution is -2.02. The van der Waals surface area contributed by atoms with Crippen molar-refractivity contribution >= 4 is 22.4 Å². The first kappa shape index (κ1) is 13.0. The average Bonchev–Trinajstić information content (AvgIpc) is 3.08. The lowest BCUT2D eigenvalue weighted by atomic mass is 10.2. The summed E-state index contributed by atoms with van der Waals surface area (Å²) in [5.41, 5.74) is 10.2. The summed E-state index contributed by atoms with van der Waals surface area (Å²) in [7, 11) is 0. The maximum absolute atomic E-state index is 5.62. The van der Waals surface area contributed by atoms with Crippen molar-refractivity contribution in [2.75, 3.05) is 6.54 Å². The number of nitrogens with zero attached hydrogens (tertiary/aromatic N) is 3. The highest BCUT2D eigenvalue weighted by Crippen LogP contribution is 2.41. The summed E-state index contributed by atoms with van der Waals surface area (Å²) in [6.07, 6.45) is 3.33. The van der Waals surface area contributed by atoms with E-state index in [1.54, 1.807) is 11.3 Å². The third-order valence-corrected chi connectivity index (χ3v) is 4.80. The molecule has 0 spiro atoms. The molecule has 2 aromatic heterocycles. The summed E-state index contributed by atoms with van der Waals surface area (Å²) in [5.74, 6) is 1.01. The van der Waals surface area contributed by atoms with E-state index in [1.165, 1.54) is 23.9 Å². The molecule has 2 heterocycles. The molecule has 1 aliphatic rings. The van der Waals surface area contributed by atoms with Crippen LogP contribution in [0.1, 0.15) is 29.5 Å². The van der Waals surface area contributed by atoms with Gasteiger partial charge in [-0.3, -0.25) is 0 Å². The van der Waals surface area contributed by atoms with E-state index < -0.39 is 0 Å². The molecule has 4 rings (SSSR count). The summed E-state index contributed by atoms with van der Waals surface area (Å²) >= 11 is 1.68. The number of fused-ring (bicyclic) bond motifs is 1. The van der Waals surface area contributed by atoms with Gasteiger partial charge >= 0.3 is 0 Å². The molecule has 2 N–H and O–H groups in total. The van der Waals surface area contributed by atoms with Crippen LogP contribution in [0, 0.1) is 6.92 Å². The Hall–Kier alpha value is -1.72. The Morgan fingerprint density at radius 2 is 2.19 bits per heavy atom. The standard InChI is InChI=1S/C16H18N4S/c1-10-2-5-14-12(8-10)19-16(20(14)11-3-4-11)13-9-21-15(18-13)6-7-17/h2,5,8-9,11H,3-4,6-7,17H2,1H3. The zero-order valence-electron chi connectivity index (χ0n) is 12.0. The van der Waals surface area contributed by atoms with Gasteiger partial charge in [0.05, 0.1) is 16.0 Å². The van der Waals surface area contributed by atoms with E-state index in [4.69, 9.17) is 15.7 Å². The molecule has 0 amide bonds. The highest BCUT2D eigenvalue weighted by molar-refractivity contribution is 7.09. The summed E-state index contributed by atoms with van der Waals surface area (Å²) in [6, 6.07) is 7.10. The first-order chi connectivity index (χ1) is 10.3. The van der Waals surface area contributed by atoms with Crippen LogP contribution in [0.3, 0.4) is 0 Å². The molecule has 0 atom stereocenters. The number of aryl methyl sites for hydroxylation is 1. The second-order valence-corrected chi connectivity index (χ2v) is 6.64. The lowest BCUT2D eigenvalue weighted by molar-refractivity contribution is 0.772. The second kappa shape index (κ2) is 4.93. The van der Waals surface area contributed by atoms with Gasteiger partial charge in [-0.25, -0.2) is 9.97 Å². The number of aromatic nitrogens is 3. The van der Waals surface area contributed by atoms with E-state index in [1.807, 2.05) is 0 Å². The van der Waals surface area contributed by atoms with Gasteiger partial charge in [-0.2, -0.15) is 0 Å². The molecule has 1 aliphatic carbocycles. The van der Waals surface area contributed by atoms with Crippen LogP contribution in [-0.2, 0) is 6.42 Å². The fourth-order valence-corrected chi connectivity index (χ4v) is 3.54. The Bertz CT molecular complexity index is 798. The van der Waals surface area contributed by atoms with Crippen LogP contribution in [0.25, 0.3) is 22.6 Å². The highest BCUT2D eigenvalue weighted by Gasteiger charge is 2.29. The molecule has 1 aromatic carbocycles. The molecule has 1 saturated carbocycles. The quantitative estimate of drug-likeness (QED) is 0.804. The van der Waals surface area contributed by atoms with E-state index in [2.05, 4.69) is 35.1 Å². The zero-order valence-corrected chi connectivity index (χ0v) is 12.9. The molecule has 0 unspecified atom stereocenters. The minimum Gasteiger partial charge on any atom is -0.330 e. The third kappa shape index (κ3) is 2.26. The van der Waals surface area contributed by atoms with Gasteiger partial charge in [0.1, 0.15) is 5.69 Å². The van der Waals surface area contributed by atoms with Crippen LogP contribution in [0.15, 0.2) is 23.6 Å². The predicted octanol–water partition coefficient (Wildman–Crippen LogP) is 3.30. The minimum absolute atomic E-state index is 0.590. The van der Waals surface area contributed by atoms with Crippen molar-refractivity contribution in [2.45, 2.75) is 32.2 Å². The third-order valence-electron chi connectivity index (χ3n) is 3.90. The van der Waals surface area contributed by atoms with Crippen molar-refractivity contribution in [1.29, 1.82) is 0 Å². The van der Waals surface area contributed by atoms with Crippen molar-refractivity contribution in [1.82, 2.24) is 14.5 Å². The summed E-state index contributed by atoms with van der Waals surface area (Å²) in [5, 5.41) is 3.20. The largest absolute Gasteiger partial charge is 0.330 e. The molecule has 0 saturated heterocycles. The molecule has 21 heavy (non-hydrogen) atoms. The van der Waals surface area contributed by atoms with Crippen LogP contribution >= 0.6 is 11.3 Å². The van der Waals surface area contributed by atoms with Crippen molar-refractivity contribution in [2.24, 2.45) is 5.73 Å². The van der Waals surface area contributed by atoms with Crippen LogP contribution in [0.2, 0.25) is 0 Å². The average molecular weight is 298 g/mol. The predicted molar refractivity (Wildman–Crippen MR) is 86.6 cm³/mol. The van der Waals surface area contributed by atoms with Gasteiger partial charge < -0.3 is 10.3 Å². The highest BCUT2D eigenvalue weighted by atomic mass is 32.1. The van der Waals surface area contributed by atoms with Gasteiger partial charge in [-0.15, -0.1) is 11.3 Å². The fraction of sp³-hybridized carbons (Fsp3) is 0.375. The van der Waals surface area contributed by atoms with Crippen molar-refractivity contribution in [3.8, 4) is 11.5 Å². The van der Waals surface area contributed by atoms with E-state index in [0.717, 1.165) is 28.5 Å². The Morgan fingerprint density at radius 3 is 2.95 bits per heavy atom. The van der Waals surface area contributed by atoms with E-state index in [0.29, 0.717) is 12.6 Å². The first-order valence-electron chi connectivity index (χ1n) is 7.39. The Kier molecular flexibility index (Phi) is 3.05. The SMILES string of the molecule is Cc1ccc2c(c1)nc(-c1csc(CCN)n1)n2C1CC1. The van der Waals surface area contributed by atoms with Crippen molar-refractivity contribution in [3.63, 3.8) is 0 Å². The van der Waals surface area contributed by atoms with E-state index in [-0.39, 0.29) is 0 Å². The van der Waals surface area contributed by atoms with E-state index >= 15 is 0 Å². The molecule has 0 bridgehead atoms. The Balaban J connectivity index is 1.88. The number of rotatable bonds is 4. The van der Waals surface area contributed by atoms with Gasteiger partial charge in [-0.1, -0.05) is 6.07 Å². The number of hydrogen-bond donors (Lipinski definition) is 1. The Labute approximate surface area is 127 Å². The molecular weight excluding hydrogens is 280 g/mol. The normalized spacial score (nSPS) is 15.0. The van der Waals surface area contributed by atoms with Gasteiger partial charge in [0.15, 0.2) is 5.82 Å². The maximum atomic E-state index is 5.62. The Morgan fingerprint density at radius 1 is 1.33 bits per heavy atom. The summed E-state index contributed by atoms with van der Waals surface area (Å²) in [6.45, 7) is 2.75. The molecule has 0 radical (unpaired) electrons. The van der Waals surface area contributed by atoms with Crippen LogP contribution in [-0.4, -0.2) is 21.1 Å². The first-order valence-corrected chi connectivity index (χ1v) is 8.27. The zero-order chi connectivity index (χ0) is 14.4.